The molecule has 184 valence electrons. The molecule has 1 atom stereocenters. The zero-order valence-corrected chi connectivity index (χ0v) is 19.0. The van der Waals surface area contributed by atoms with E-state index in [0.717, 1.165) is 37.8 Å². The number of halogens is 3. The van der Waals surface area contributed by atoms with Gasteiger partial charge in [0.1, 0.15) is 6.04 Å². The number of piperazine rings is 1. The Kier molecular flexibility index (Phi) is 7.20. The largest absolute Gasteiger partial charge is 0.416 e. The Hall–Kier alpha value is -2.95. The van der Waals surface area contributed by atoms with Gasteiger partial charge in [-0.15, -0.1) is 0 Å². The zero-order chi connectivity index (χ0) is 24.3. The van der Waals surface area contributed by atoms with Crippen LogP contribution in [0.5, 0.6) is 0 Å². The van der Waals surface area contributed by atoms with Crippen molar-refractivity contribution in [3.63, 3.8) is 0 Å². The van der Waals surface area contributed by atoms with Crippen molar-refractivity contribution in [2.75, 3.05) is 26.2 Å². The Morgan fingerprint density at radius 2 is 1.88 bits per heavy atom. The Morgan fingerprint density at radius 3 is 2.53 bits per heavy atom. The quantitative estimate of drug-likeness (QED) is 0.685. The molecule has 1 aliphatic carbocycles. The molecule has 11 heteroatoms. The number of hydrogen-bond acceptors (Lipinski definition) is 6. The number of carbonyl (C=O) groups excluding carboxylic acids is 2. The van der Waals surface area contributed by atoms with Gasteiger partial charge in [0, 0.05) is 38.7 Å². The first-order valence-electron chi connectivity index (χ1n) is 11.5. The number of hydrogen-bond donors (Lipinski definition) is 1. The molecule has 8 nitrogen and oxygen atoms in total. The van der Waals surface area contributed by atoms with Crippen molar-refractivity contribution in [1.29, 1.82) is 0 Å². The summed E-state index contributed by atoms with van der Waals surface area (Å²) in [4.78, 5) is 32.9. The van der Waals surface area contributed by atoms with E-state index in [1.54, 1.807) is 4.90 Å². The molecule has 1 saturated carbocycles. The third-order valence-electron chi connectivity index (χ3n) is 6.46. The number of aromatic nitrogens is 2. The Bertz CT molecular complexity index is 1010. The van der Waals surface area contributed by atoms with Crippen molar-refractivity contribution in [2.45, 2.75) is 51.4 Å². The standard InChI is InChI=1S/C23H28F3N5O3/c1-15(32)27-20(16-5-2-3-6-16)22(33)31-11-9-30(10-12-31)14-19-28-21(29-34-19)17-7-4-8-18(13-17)23(24,25)26/h4,7-8,13,16,20H,2-3,5-6,9-12,14H2,1H3,(H,27,32). The van der Waals surface area contributed by atoms with Gasteiger partial charge >= 0.3 is 6.18 Å². The van der Waals surface area contributed by atoms with Gasteiger partial charge in [-0.2, -0.15) is 18.2 Å². The van der Waals surface area contributed by atoms with E-state index in [4.69, 9.17) is 4.52 Å². The summed E-state index contributed by atoms with van der Waals surface area (Å²) in [7, 11) is 0. The topological polar surface area (TPSA) is 91.6 Å². The van der Waals surface area contributed by atoms with Crippen LogP contribution in [0.1, 0.15) is 44.1 Å². The number of amides is 2. The molecule has 1 saturated heterocycles. The second-order valence-electron chi connectivity index (χ2n) is 8.91. The molecule has 1 aromatic heterocycles. The molecule has 1 unspecified atom stereocenters. The Balaban J connectivity index is 1.33. The lowest BCUT2D eigenvalue weighted by atomic mass is 9.96. The highest BCUT2D eigenvalue weighted by atomic mass is 19.4. The molecule has 0 spiro atoms. The maximum Gasteiger partial charge on any atom is 0.416 e. The molecule has 1 aliphatic heterocycles. The second kappa shape index (κ2) is 10.1. The minimum Gasteiger partial charge on any atom is -0.344 e. The predicted molar refractivity (Wildman–Crippen MR) is 116 cm³/mol. The molecule has 2 aliphatic rings. The molecule has 2 aromatic rings. The zero-order valence-electron chi connectivity index (χ0n) is 19.0. The number of alkyl halides is 3. The van der Waals surface area contributed by atoms with E-state index in [9.17, 15) is 22.8 Å². The van der Waals surface area contributed by atoms with Crippen LogP contribution >= 0.6 is 0 Å². The van der Waals surface area contributed by atoms with E-state index >= 15 is 0 Å². The molecule has 34 heavy (non-hydrogen) atoms. The van der Waals surface area contributed by atoms with Crippen LogP contribution in [0.3, 0.4) is 0 Å². The van der Waals surface area contributed by atoms with Crippen molar-refractivity contribution in [3.05, 3.63) is 35.7 Å². The van der Waals surface area contributed by atoms with Crippen LogP contribution < -0.4 is 5.32 Å². The number of rotatable bonds is 6. The highest BCUT2D eigenvalue weighted by Crippen LogP contribution is 2.32. The summed E-state index contributed by atoms with van der Waals surface area (Å²) in [6, 6.07) is 4.33. The molecule has 2 fully saturated rings. The fourth-order valence-corrected chi connectivity index (χ4v) is 4.68. The van der Waals surface area contributed by atoms with E-state index < -0.39 is 17.8 Å². The fraction of sp³-hybridized carbons (Fsp3) is 0.565. The number of nitrogens with zero attached hydrogens (tertiary/aromatic N) is 4. The second-order valence-corrected chi connectivity index (χ2v) is 8.91. The van der Waals surface area contributed by atoms with Gasteiger partial charge in [-0.1, -0.05) is 30.1 Å². The van der Waals surface area contributed by atoms with E-state index in [2.05, 4.69) is 20.4 Å². The van der Waals surface area contributed by atoms with E-state index in [1.807, 2.05) is 0 Å². The van der Waals surface area contributed by atoms with Crippen molar-refractivity contribution < 1.29 is 27.3 Å². The van der Waals surface area contributed by atoms with E-state index in [1.165, 1.54) is 19.1 Å². The molecule has 2 amide bonds. The fourth-order valence-electron chi connectivity index (χ4n) is 4.68. The highest BCUT2D eigenvalue weighted by molar-refractivity contribution is 5.87. The molecule has 1 aromatic carbocycles. The van der Waals surface area contributed by atoms with Gasteiger partial charge in [0.2, 0.25) is 23.5 Å². The first kappa shape index (κ1) is 24.2. The normalized spacial score (nSPS) is 18.8. The summed E-state index contributed by atoms with van der Waals surface area (Å²) in [6.45, 7) is 3.97. The first-order chi connectivity index (χ1) is 16.2. The molecule has 0 bridgehead atoms. The molecule has 2 heterocycles. The first-order valence-corrected chi connectivity index (χ1v) is 11.5. The predicted octanol–water partition coefficient (Wildman–Crippen LogP) is 3.09. The summed E-state index contributed by atoms with van der Waals surface area (Å²) in [6.07, 6.45) is -0.399. The average molecular weight is 480 g/mol. The SMILES string of the molecule is CC(=O)NC(C(=O)N1CCN(Cc2nc(-c3cccc(C(F)(F)F)c3)no2)CC1)C1CCCC1. The Morgan fingerprint density at radius 1 is 1.18 bits per heavy atom. The summed E-state index contributed by atoms with van der Waals surface area (Å²) in [5.41, 5.74) is -0.538. The van der Waals surface area contributed by atoms with Crippen molar-refractivity contribution in [2.24, 2.45) is 5.92 Å². The number of carbonyl (C=O) groups is 2. The smallest absolute Gasteiger partial charge is 0.344 e. The van der Waals surface area contributed by atoms with Crippen LogP contribution in [0.2, 0.25) is 0 Å². The van der Waals surface area contributed by atoms with Gasteiger partial charge in [0.25, 0.3) is 0 Å². The van der Waals surface area contributed by atoms with Crippen LogP contribution in [0.4, 0.5) is 13.2 Å². The summed E-state index contributed by atoms with van der Waals surface area (Å²) in [5.74, 6) is 0.351. The minimum atomic E-state index is -4.45. The van der Waals surface area contributed by atoms with Gasteiger partial charge < -0.3 is 14.7 Å². The van der Waals surface area contributed by atoms with Crippen LogP contribution in [-0.4, -0.2) is 64.0 Å². The molecule has 4 rings (SSSR count). The van der Waals surface area contributed by atoms with Gasteiger partial charge in [0.05, 0.1) is 12.1 Å². The molecule has 0 radical (unpaired) electrons. The van der Waals surface area contributed by atoms with E-state index in [-0.39, 0.29) is 29.1 Å². The summed E-state index contributed by atoms with van der Waals surface area (Å²) in [5, 5.41) is 6.68. The summed E-state index contributed by atoms with van der Waals surface area (Å²) < 4.78 is 44.2. The molecule has 1 N–H and O–H groups in total. The molecular weight excluding hydrogens is 451 g/mol. The summed E-state index contributed by atoms with van der Waals surface area (Å²) >= 11 is 0. The number of benzene rings is 1. The van der Waals surface area contributed by atoms with Crippen LogP contribution in [-0.2, 0) is 22.3 Å². The lowest BCUT2D eigenvalue weighted by Crippen LogP contribution is -2.56. The van der Waals surface area contributed by atoms with Crippen molar-refractivity contribution in [1.82, 2.24) is 25.3 Å². The van der Waals surface area contributed by atoms with Crippen LogP contribution in [0.15, 0.2) is 28.8 Å². The van der Waals surface area contributed by atoms with Crippen molar-refractivity contribution in [3.8, 4) is 11.4 Å². The maximum atomic E-state index is 13.1. The lowest BCUT2D eigenvalue weighted by Gasteiger charge is -2.37. The number of nitrogens with one attached hydrogen (secondary N) is 1. The van der Waals surface area contributed by atoms with Gasteiger partial charge in [0.15, 0.2) is 0 Å². The van der Waals surface area contributed by atoms with E-state index in [0.29, 0.717) is 38.6 Å². The maximum absolute atomic E-state index is 13.1. The van der Waals surface area contributed by atoms with Gasteiger partial charge in [-0.25, -0.2) is 0 Å². The minimum absolute atomic E-state index is 0.0358. The van der Waals surface area contributed by atoms with Gasteiger partial charge in [-0.3, -0.25) is 14.5 Å². The highest BCUT2D eigenvalue weighted by Gasteiger charge is 2.35. The van der Waals surface area contributed by atoms with Gasteiger partial charge in [-0.05, 0) is 30.9 Å². The van der Waals surface area contributed by atoms with Crippen molar-refractivity contribution >= 4 is 11.8 Å². The van der Waals surface area contributed by atoms with Crippen LogP contribution in [0, 0.1) is 5.92 Å². The monoisotopic (exact) mass is 479 g/mol. The average Bonchev–Trinajstić information content (AvgIpc) is 3.50. The Labute approximate surface area is 195 Å². The molecular formula is C23H28F3N5O3. The lowest BCUT2D eigenvalue weighted by molar-refractivity contribution is -0.139. The van der Waals surface area contributed by atoms with Crippen LogP contribution in [0.25, 0.3) is 11.4 Å². The third kappa shape index (κ3) is 5.75. The third-order valence-corrected chi connectivity index (χ3v) is 6.46.